The van der Waals surface area contributed by atoms with Gasteiger partial charge in [-0.2, -0.15) is 5.26 Å². The third-order valence-electron chi connectivity index (χ3n) is 3.84. The predicted molar refractivity (Wildman–Crippen MR) is 79.2 cm³/mol. The summed E-state index contributed by atoms with van der Waals surface area (Å²) < 4.78 is 10.3. The van der Waals surface area contributed by atoms with E-state index in [0.717, 1.165) is 12.8 Å². The summed E-state index contributed by atoms with van der Waals surface area (Å²) in [7, 11) is 1.52. The summed E-state index contributed by atoms with van der Waals surface area (Å²) in [5.74, 6) is -0.367. The Labute approximate surface area is 129 Å². The topological polar surface area (TPSA) is 88.4 Å². The summed E-state index contributed by atoms with van der Waals surface area (Å²) in [4.78, 5) is 23.4. The lowest BCUT2D eigenvalue weighted by Crippen LogP contribution is -2.44. The van der Waals surface area contributed by atoms with Crippen LogP contribution in [0.15, 0.2) is 18.2 Å². The van der Waals surface area contributed by atoms with Gasteiger partial charge < -0.3 is 14.8 Å². The van der Waals surface area contributed by atoms with Crippen LogP contribution < -0.4 is 10.1 Å². The number of benzene rings is 1. The largest absolute Gasteiger partial charge is 0.425 e. The molecule has 2 rings (SSSR count). The Morgan fingerprint density at radius 3 is 2.59 bits per heavy atom. The molecule has 1 aromatic carbocycles. The van der Waals surface area contributed by atoms with Gasteiger partial charge in [0.1, 0.15) is 17.4 Å². The standard InChI is InChI=1S/C16H18N2O4/c1-10(19)22-14-7-6-13(8-11(14)9-17)18-15(20)16(2,21-3)12-4-5-12/h6-8,12H,4-5H2,1-3H3,(H,18,20)/t16-/m0/s1. The number of amides is 1. The number of hydrogen-bond acceptors (Lipinski definition) is 5. The third kappa shape index (κ3) is 3.26. The Hall–Kier alpha value is -2.39. The normalized spacial score (nSPS) is 16.3. The monoisotopic (exact) mass is 302 g/mol. The van der Waals surface area contributed by atoms with E-state index in [1.54, 1.807) is 13.0 Å². The first-order chi connectivity index (χ1) is 10.4. The maximum absolute atomic E-state index is 12.4. The quantitative estimate of drug-likeness (QED) is 0.665. The zero-order chi connectivity index (χ0) is 16.3. The Morgan fingerprint density at radius 1 is 1.41 bits per heavy atom. The van der Waals surface area contributed by atoms with Gasteiger partial charge in [0.05, 0.1) is 5.56 Å². The molecule has 0 saturated heterocycles. The maximum atomic E-state index is 12.4. The average molecular weight is 302 g/mol. The molecule has 1 atom stereocenters. The molecule has 1 N–H and O–H groups in total. The predicted octanol–water partition coefficient (Wildman–Crippen LogP) is 2.24. The fraction of sp³-hybridized carbons (Fsp3) is 0.438. The lowest BCUT2D eigenvalue weighted by atomic mass is 9.99. The van der Waals surface area contributed by atoms with Crippen molar-refractivity contribution in [3.63, 3.8) is 0 Å². The van der Waals surface area contributed by atoms with Crippen molar-refractivity contribution >= 4 is 17.6 Å². The number of nitriles is 1. The van der Waals surface area contributed by atoms with Crippen LogP contribution in [0.25, 0.3) is 0 Å². The van der Waals surface area contributed by atoms with Crippen molar-refractivity contribution in [3.8, 4) is 11.8 Å². The number of nitrogens with one attached hydrogen (secondary N) is 1. The summed E-state index contributed by atoms with van der Waals surface area (Å²) in [6.45, 7) is 3.02. The molecule has 1 saturated carbocycles. The highest BCUT2D eigenvalue weighted by molar-refractivity contribution is 5.97. The van der Waals surface area contributed by atoms with Crippen LogP contribution in [0.1, 0.15) is 32.3 Å². The SMILES string of the molecule is CO[C@](C)(C(=O)Nc1ccc(OC(C)=O)c(C#N)c1)C1CC1. The summed E-state index contributed by atoms with van der Waals surface area (Å²) in [5, 5.41) is 11.9. The van der Waals surface area contributed by atoms with E-state index in [0.29, 0.717) is 5.69 Å². The molecule has 0 aliphatic heterocycles. The molecule has 6 nitrogen and oxygen atoms in total. The minimum absolute atomic E-state index is 0.171. The number of rotatable bonds is 5. The second-order valence-corrected chi connectivity index (χ2v) is 5.46. The lowest BCUT2D eigenvalue weighted by molar-refractivity contribution is -0.138. The van der Waals surface area contributed by atoms with Crippen LogP contribution in [0, 0.1) is 17.2 Å². The van der Waals surface area contributed by atoms with Crippen LogP contribution >= 0.6 is 0 Å². The zero-order valence-corrected chi connectivity index (χ0v) is 12.8. The molecular formula is C16H18N2O4. The van der Waals surface area contributed by atoms with Gasteiger partial charge in [0.2, 0.25) is 0 Å². The highest BCUT2D eigenvalue weighted by Crippen LogP contribution is 2.42. The zero-order valence-electron chi connectivity index (χ0n) is 12.8. The fourth-order valence-corrected chi connectivity index (χ4v) is 2.27. The number of anilines is 1. The number of carbonyl (C=O) groups is 2. The Morgan fingerprint density at radius 2 is 2.09 bits per heavy atom. The highest BCUT2D eigenvalue weighted by Gasteiger charge is 2.47. The Kier molecular flexibility index (Phi) is 4.48. The molecule has 1 fully saturated rings. The first-order valence-corrected chi connectivity index (χ1v) is 7.00. The number of methoxy groups -OCH3 is 1. The molecule has 0 unspecified atom stereocenters. The first-order valence-electron chi connectivity index (χ1n) is 7.00. The van der Waals surface area contributed by atoms with Gasteiger partial charge in [0.25, 0.3) is 5.91 Å². The van der Waals surface area contributed by atoms with E-state index in [1.165, 1.54) is 26.2 Å². The highest BCUT2D eigenvalue weighted by atomic mass is 16.5. The maximum Gasteiger partial charge on any atom is 0.308 e. The van der Waals surface area contributed by atoms with Gasteiger partial charge >= 0.3 is 5.97 Å². The van der Waals surface area contributed by atoms with Gasteiger partial charge in [0.15, 0.2) is 0 Å². The molecule has 1 aliphatic carbocycles. The van der Waals surface area contributed by atoms with E-state index in [4.69, 9.17) is 14.7 Å². The van der Waals surface area contributed by atoms with E-state index < -0.39 is 11.6 Å². The smallest absolute Gasteiger partial charge is 0.308 e. The fourth-order valence-electron chi connectivity index (χ4n) is 2.27. The second kappa shape index (κ2) is 6.16. The minimum atomic E-state index is -0.874. The molecule has 0 radical (unpaired) electrons. The van der Waals surface area contributed by atoms with Gasteiger partial charge in [-0.25, -0.2) is 0 Å². The minimum Gasteiger partial charge on any atom is -0.425 e. The molecule has 1 aromatic rings. The molecule has 6 heteroatoms. The molecule has 0 heterocycles. The number of hydrogen-bond donors (Lipinski definition) is 1. The number of nitrogens with zero attached hydrogens (tertiary/aromatic N) is 1. The molecule has 22 heavy (non-hydrogen) atoms. The van der Waals surface area contributed by atoms with Crippen LogP contribution in [0.2, 0.25) is 0 Å². The number of carbonyl (C=O) groups excluding carboxylic acids is 2. The van der Waals surface area contributed by atoms with Crippen molar-refractivity contribution in [2.75, 3.05) is 12.4 Å². The van der Waals surface area contributed by atoms with E-state index >= 15 is 0 Å². The first kappa shape index (κ1) is 16.0. The van der Waals surface area contributed by atoms with Gasteiger partial charge in [-0.1, -0.05) is 0 Å². The molecule has 1 amide bonds. The van der Waals surface area contributed by atoms with Gasteiger partial charge in [-0.15, -0.1) is 0 Å². The lowest BCUT2D eigenvalue weighted by Gasteiger charge is -2.26. The van der Waals surface area contributed by atoms with Crippen molar-refractivity contribution in [2.24, 2.45) is 5.92 Å². The number of ether oxygens (including phenoxy) is 2. The number of esters is 1. The molecular weight excluding hydrogens is 284 g/mol. The van der Waals surface area contributed by atoms with Crippen molar-refractivity contribution in [3.05, 3.63) is 23.8 Å². The molecule has 0 bridgehead atoms. The van der Waals surface area contributed by atoms with Crippen LogP contribution in [-0.4, -0.2) is 24.6 Å². The van der Waals surface area contributed by atoms with Crippen LogP contribution in [0.5, 0.6) is 5.75 Å². The summed E-state index contributed by atoms with van der Waals surface area (Å²) in [6.07, 6.45) is 1.93. The van der Waals surface area contributed by atoms with Gasteiger partial charge in [-0.05, 0) is 43.9 Å². The Balaban J connectivity index is 2.18. The summed E-state index contributed by atoms with van der Waals surface area (Å²) in [5.41, 5.74) is -0.235. The third-order valence-corrected chi connectivity index (χ3v) is 3.84. The van der Waals surface area contributed by atoms with Crippen molar-refractivity contribution in [2.45, 2.75) is 32.3 Å². The average Bonchev–Trinajstić information content (AvgIpc) is 3.32. The van der Waals surface area contributed by atoms with Gasteiger partial charge in [0, 0.05) is 19.7 Å². The molecule has 116 valence electrons. The summed E-state index contributed by atoms with van der Waals surface area (Å²) in [6, 6.07) is 6.48. The van der Waals surface area contributed by atoms with Crippen molar-refractivity contribution in [1.82, 2.24) is 0 Å². The van der Waals surface area contributed by atoms with Crippen molar-refractivity contribution < 1.29 is 19.1 Å². The van der Waals surface area contributed by atoms with E-state index in [-0.39, 0.29) is 23.1 Å². The van der Waals surface area contributed by atoms with Crippen LogP contribution in [0.3, 0.4) is 0 Å². The summed E-state index contributed by atoms with van der Waals surface area (Å²) >= 11 is 0. The van der Waals surface area contributed by atoms with E-state index in [9.17, 15) is 9.59 Å². The van der Waals surface area contributed by atoms with Gasteiger partial charge in [-0.3, -0.25) is 9.59 Å². The molecule has 0 aromatic heterocycles. The van der Waals surface area contributed by atoms with E-state index in [2.05, 4.69) is 5.32 Å². The second-order valence-electron chi connectivity index (χ2n) is 5.46. The van der Waals surface area contributed by atoms with Crippen LogP contribution in [0.4, 0.5) is 5.69 Å². The molecule has 1 aliphatic rings. The van der Waals surface area contributed by atoms with Crippen molar-refractivity contribution in [1.29, 1.82) is 5.26 Å². The van der Waals surface area contributed by atoms with E-state index in [1.807, 2.05) is 6.07 Å². The Bertz CT molecular complexity index is 646. The van der Waals surface area contributed by atoms with Crippen LogP contribution in [-0.2, 0) is 14.3 Å². The molecule has 0 spiro atoms.